The van der Waals surface area contributed by atoms with E-state index in [0.29, 0.717) is 5.02 Å². The Morgan fingerprint density at radius 1 is 1.37 bits per heavy atom. The van der Waals surface area contributed by atoms with Gasteiger partial charge in [0.15, 0.2) is 6.10 Å². The van der Waals surface area contributed by atoms with Crippen LogP contribution in [0.15, 0.2) is 18.2 Å². The Kier molecular flexibility index (Phi) is 4.71. The van der Waals surface area contributed by atoms with Crippen molar-refractivity contribution in [1.29, 1.82) is 0 Å². The van der Waals surface area contributed by atoms with Crippen molar-refractivity contribution in [3.63, 3.8) is 0 Å². The van der Waals surface area contributed by atoms with Gasteiger partial charge in [-0.25, -0.2) is 9.59 Å². The number of nitrogen functional groups attached to an aromatic ring is 1. The Morgan fingerprint density at radius 3 is 2.53 bits per heavy atom. The largest absolute Gasteiger partial charge is 0.449 e. The number of ether oxygens (including phenoxy) is 1. The highest BCUT2D eigenvalue weighted by Gasteiger charge is 2.20. The second kappa shape index (κ2) is 6.05. The Hall–Kier alpha value is -2.28. The lowest BCUT2D eigenvalue weighted by Gasteiger charge is -2.12. The zero-order chi connectivity index (χ0) is 14.6. The maximum absolute atomic E-state index is 11.7. The van der Waals surface area contributed by atoms with Crippen LogP contribution >= 0.6 is 11.6 Å². The number of nitrogens with two attached hydrogens (primary N) is 2. The van der Waals surface area contributed by atoms with Crippen molar-refractivity contribution in [1.82, 2.24) is 5.32 Å². The molecule has 0 saturated heterocycles. The third-order valence-corrected chi connectivity index (χ3v) is 2.48. The molecule has 3 amide bonds. The lowest BCUT2D eigenvalue weighted by molar-refractivity contribution is -0.127. The monoisotopic (exact) mass is 285 g/mol. The van der Waals surface area contributed by atoms with E-state index in [1.54, 1.807) is 5.32 Å². The van der Waals surface area contributed by atoms with Crippen molar-refractivity contribution in [3.05, 3.63) is 28.8 Å². The highest BCUT2D eigenvalue weighted by atomic mass is 35.5. The van der Waals surface area contributed by atoms with Crippen LogP contribution in [0.25, 0.3) is 0 Å². The molecule has 7 nitrogen and oxygen atoms in total. The van der Waals surface area contributed by atoms with Crippen LogP contribution in [0, 0.1) is 0 Å². The van der Waals surface area contributed by atoms with Crippen molar-refractivity contribution in [2.24, 2.45) is 5.73 Å². The van der Waals surface area contributed by atoms with E-state index < -0.39 is 24.0 Å². The number of carbonyl (C=O) groups is 3. The number of carbonyl (C=O) groups excluding carboxylic acids is 3. The first-order valence-electron chi connectivity index (χ1n) is 5.17. The fourth-order valence-corrected chi connectivity index (χ4v) is 1.29. The fourth-order valence-electron chi connectivity index (χ4n) is 1.18. The fraction of sp³-hybridized carbons (Fsp3) is 0.182. The second-order valence-corrected chi connectivity index (χ2v) is 4.04. The zero-order valence-electron chi connectivity index (χ0n) is 9.98. The third-order valence-electron chi connectivity index (χ3n) is 2.13. The number of amides is 3. The van der Waals surface area contributed by atoms with Crippen molar-refractivity contribution < 1.29 is 19.1 Å². The Morgan fingerprint density at radius 2 is 2.00 bits per heavy atom. The predicted molar refractivity (Wildman–Crippen MR) is 68.5 cm³/mol. The molecule has 0 aliphatic carbocycles. The highest BCUT2D eigenvalue weighted by molar-refractivity contribution is 6.33. The van der Waals surface area contributed by atoms with E-state index in [9.17, 15) is 14.4 Å². The second-order valence-electron chi connectivity index (χ2n) is 3.64. The lowest BCUT2D eigenvalue weighted by atomic mass is 10.2. The number of imide groups is 1. The molecule has 5 N–H and O–H groups in total. The summed E-state index contributed by atoms with van der Waals surface area (Å²) in [5.74, 6) is -1.58. The summed E-state index contributed by atoms with van der Waals surface area (Å²) in [6.45, 7) is 1.30. The quantitative estimate of drug-likeness (QED) is 0.556. The molecule has 1 aromatic carbocycles. The molecule has 0 radical (unpaired) electrons. The first-order chi connectivity index (χ1) is 8.81. The summed E-state index contributed by atoms with van der Waals surface area (Å²) in [4.78, 5) is 33.5. The molecule has 1 unspecified atom stereocenters. The van der Waals surface area contributed by atoms with Crippen LogP contribution in [-0.4, -0.2) is 24.0 Å². The summed E-state index contributed by atoms with van der Waals surface area (Å²) in [5.41, 5.74) is 10.7. The van der Waals surface area contributed by atoms with Gasteiger partial charge in [-0.1, -0.05) is 11.6 Å². The molecule has 0 aliphatic heterocycles. The van der Waals surface area contributed by atoms with Gasteiger partial charge >= 0.3 is 12.0 Å². The molecule has 0 spiro atoms. The molecule has 102 valence electrons. The minimum atomic E-state index is -1.17. The van der Waals surface area contributed by atoms with E-state index in [-0.39, 0.29) is 11.3 Å². The SMILES string of the molecule is CC(OC(=O)c1ccc(Cl)c(N)c1)C(=O)NC(N)=O. The first kappa shape index (κ1) is 14.8. The van der Waals surface area contributed by atoms with E-state index in [0.717, 1.165) is 0 Å². The van der Waals surface area contributed by atoms with E-state index in [2.05, 4.69) is 0 Å². The zero-order valence-corrected chi connectivity index (χ0v) is 10.7. The Bertz CT molecular complexity index is 533. The average Bonchev–Trinajstić information content (AvgIpc) is 2.31. The minimum Gasteiger partial charge on any atom is -0.449 e. The Balaban J connectivity index is 2.71. The molecule has 0 aromatic heterocycles. The number of benzene rings is 1. The van der Waals surface area contributed by atoms with Crippen LogP contribution in [0.5, 0.6) is 0 Å². The average molecular weight is 286 g/mol. The number of primary amides is 1. The number of nitrogens with one attached hydrogen (secondary N) is 1. The van der Waals surface area contributed by atoms with Gasteiger partial charge in [-0.3, -0.25) is 10.1 Å². The number of hydrogen-bond donors (Lipinski definition) is 3. The maximum Gasteiger partial charge on any atom is 0.338 e. The normalized spacial score (nSPS) is 11.5. The first-order valence-corrected chi connectivity index (χ1v) is 5.55. The summed E-state index contributed by atoms with van der Waals surface area (Å²) in [7, 11) is 0. The van der Waals surface area contributed by atoms with Crippen LogP contribution < -0.4 is 16.8 Å². The molecule has 0 bridgehead atoms. The summed E-state index contributed by atoms with van der Waals surface area (Å²) < 4.78 is 4.84. The molecule has 1 atom stereocenters. The molecule has 1 rings (SSSR count). The van der Waals surface area contributed by atoms with Gasteiger partial charge in [0.1, 0.15) is 0 Å². The van der Waals surface area contributed by atoms with Gasteiger partial charge in [-0.15, -0.1) is 0 Å². The molecule has 8 heteroatoms. The molecule has 0 aliphatic rings. The summed E-state index contributed by atoms with van der Waals surface area (Å²) in [6, 6.07) is 3.13. The van der Waals surface area contributed by atoms with Crippen molar-refractivity contribution in [2.75, 3.05) is 5.73 Å². The number of esters is 1. The number of halogens is 1. The molecule has 0 fully saturated rings. The van der Waals surface area contributed by atoms with Gasteiger partial charge in [-0.2, -0.15) is 0 Å². The van der Waals surface area contributed by atoms with E-state index in [1.807, 2.05) is 0 Å². The van der Waals surface area contributed by atoms with E-state index >= 15 is 0 Å². The smallest absolute Gasteiger partial charge is 0.338 e. The lowest BCUT2D eigenvalue weighted by Crippen LogP contribution is -2.42. The number of urea groups is 1. The van der Waals surface area contributed by atoms with E-state index in [4.69, 9.17) is 27.8 Å². The predicted octanol–water partition coefficient (Wildman–Crippen LogP) is 0.662. The Labute approximate surface area is 113 Å². The van der Waals surface area contributed by atoms with Crippen LogP contribution in [0.1, 0.15) is 17.3 Å². The molecular weight excluding hydrogens is 274 g/mol. The van der Waals surface area contributed by atoms with Crippen LogP contribution in [0.4, 0.5) is 10.5 Å². The van der Waals surface area contributed by atoms with Crippen LogP contribution in [0.3, 0.4) is 0 Å². The number of anilines is 1. The minimum absolute atomic E-state index is 0.139. The van der Waals surface area contributed by atoms with Crippen molar-refractivity contribution >= 4 is 35.2 Å². The van der Waals surface area contributed by atoms with E-state index in [1.165, 1.54) is 25.1 Å². The maximum atomic E-state index is 11.7. The topological polar surface area (TPSA) is 125 Å². The summed E-state index contributed by atoms with van der Waals surface area (Å²) >= 11 is 5.71. The van der Waals surface area contributed by atoms with Crippen LogP contribution in [-0.2, 0) is 9.53 Å². The summed E-state index contributed by atoms with van der Waals surface area (Å²) in [6.07, 6.45) is -1.17. The third kappa shape index (κ3) is 4.14. The number of rotatable bonds is 3. The van der Waals surface area contributed by atoms with Gasteiger partial charge in [0.05, 0.1) is 16.3 Å². The van der Waals surface area contributed by atoms with Gasteiger partial charge in [0.2, 0.25) is 0 Å². The molecule has 19 heavy (non-hydrogen) atoms. The van der Waals surface area contributed by atoms with Crippen LogP contribution in [0.2, 0.25) is 5.02 Å². The van der Waals surface area contributed by atoms with Crippen molar-refractivity contribution in [2.45, 2.75) is 13.0 Å². The van der Waals surface area contributed by atoms with Gasteiger partial charge in [0.25, 0.3) is 5.91 Å². The molecule has 1 aromatic rings. The standard InChI is InChI=1S/C11H12ClN3O4/c1-5(9(16)15-11(14)18)19-10(17)6-2-3-7(12)8(13)4-6/h2-5H,13H2,1H3,(H3,14,15,16,18). The molecule has 0 heterocycles. The molecule has 0 saturated carbocycles. The number of hydrogen-bond acceptors (Lipinski definition) is 5. The highest BCUT2D eigenvalue weighted by Crippen LogP contribution is 2.20. The molecular formula is C11H12ClN3O4. The summed E-state index contributed by atoms with van der Waals surface area (Å²) in [5, 5.41) is 2.10. The van der Waals surface area contributed by atoms with Crippen molar-refractivity contribution in [3.8, 4) is 0 Å². The van der Waals surface area contributed by atoms with Gasteiger partial charge in [0, 0.05) is 0 Å². The van der Waals surface area contributed by atoms with Gasteiger partial charge in [-0.05, 0) is 25.1 Å². The van der Waals surface area contributed by atoms with Gasteiger partial charge < -0.3 is 16.2 Å².